The normalized spacial score (nSPS) is 10.1. The van der Waals surface area contributed by atoms with Gasteiger partial charge in [0.2, 0.25) is 5.76 Å². The number of nitrogens with one attached hydrogen (secondary N) is 1. The third kappa shape index (κ3) is 2.70. The smallest absolute Gasteiger partial charge is 0.290 e. The van der Waals surface area contributed by atoms with Gasteiger partial charge in [-0.25, -0.2) is 0 Å². The van der Waals surface area contributed by atoms with Crippen LogP contribution in [0.15, 0.2) is 45.5 Å². The maximum atomic E-state index is 11.5. The van der Waals surface area contributed by atoms with Crippen LogP contribution in [0.3, 0.4) is 0 Å². The molecule has 4 nitrogen and oxygen atoms in total. The van der Waals surface area contributed by atoms with E-state index in [1.165, 1.54) is 12.3 Å². The van der Waals surface area contributed by atoms with Crippen LogP contribution < -0.4 is 5.32 Å². The van der Waals surface area contributed by atoms with Gasteiger partial charge in [-0.2, -0.15) is 0 Å². The van der Waals surface area contributed by atoms with Crippen molar-refractivity contribution in [1.29, 1.82) is 0 Å². The van der Waals surface area contributed by atoms with Crippen molar-refractivity contribution in [3.05, 3.63) is 52.3 Å². The summed E-state index contributed by atoms with van der Waals surface area (Å²) in [5.74, 6) is -0.0440. The Morgan fingerprint density at radius 2 is 2.06 bits per heavy atom. The van der Waals surface area contributed by atoms with E-state index < -0.39 is 0 Å². The van der Waals surface area contributed by atoms with Crippen LogP contribution in [0.1, 0.15) is 16.1 Å². The number of amides is 1. The second-order valence-corrected chi connectivity index (χ2v) is 4.10. The maximum absolute atomic E-state index is 11.5. The molecule has 82 valence electrons. The highest BCUT2D eigenvalue weighted by Crippen LogP contribution is 2.10. The molecule has 2 aromatic rings. The molecule has 0 saturated heterocycles. The van der Waals surface area contributed by atoms with E-state index in [0.717, 1.165) is 10.0 Å². The Hall–Kier alpha value is -1.62. The molecule has 5 heteroatoms. The molecule has 0 bridgehead atoms. The highest BCUT2D eigenvalue weighted by molar-refractivity contribution is 9.10. The van der Waals surface area contributed by atoms with Crippen molar-refractivity contribution >= 4 is 21.8 Å². The van der Waals surface area contributed by atoms with E-state index >= 15 is 0 Å². The van der Waals surface area contributed by atoms with Gasteiger partial charge in [0, 0.05) is 17.1 Å². The fourth-order valence-electron chi connectivity index (χ4n) is 1.20. The van der Waals surface area contributed by atoms with Crippen LogP contribution in [0.2, 0.25) is 0 Å². The van der Waals surface area contributed by atoms with Crippen molar-refractivity contribution in [1.82, 2.24) is 10.5 Å². The maximum Gasteiger partial charge on any atom is 0.290 e. The van der Waals surface area contributed by atoms with Crippen LogP contribution in [0.25, 0.3) is 0 Å². The van der Waals surface area contributed by atoms with E-state index in [1.54, 1.807) is 0 Å². The molecule has 16 heavy (non-hydrogen) atoms. The molecule has 0 atom stereocenters. The summed E-state index contributed by atoms with van der Waals surface area (Å²) in [6.45, 7) is 0.465. The van der Waals surface area contributed by atoms with Crippen LogP contribution in [0, 0.1) is 0 Å². The molecule has 0 aliphatic carbocycles. The molecular formula is C11H9BrN2O2. The van der Waals surface area contributed by atoms with Gasteiger partial charge in [-0.05, 0) is 17.7 Å². The lowest BCUT2D eigenvalue weighted by atomic mass is 10.2. The van der Waals surface area contributed by atoms with Crippen LogP contribution >= 0.6 is 15.9 Å². The van der Waals surface area contributed by atoms with Crippen LogP contribution in [0.5, 0.6) is 0 Å². The topological polar surface area (TPSA) is 55.1 Å². The van der Waals surface area contributed by atoms with Gasteiger partial charge >= 0.3 is 0 Å². The summed E-state index contributed by atoms with van der Waals surface area (Å²) in [6.07, 6.45) is 1.44. The van der Waals surface area contributed by atoms with Gasteiger partial charge in [-0.3, -0.25) is 4.79 Å². The minimum atomic E-state index is -0.264. The molecule has 0 unspecified atom stereocenters. The number of rotatable bonds is 3. The first kappa shape index (κ1) is 10.9. The summed E-state index contributed by atoms with van der Waals surface area (Å²) in [7, 11) is 0. The predicted molar refractivity (Wildman–Crippen MR) is 61.8 cm³/mol. The molecular weight excluding hydrogens is 272 g/mol. The van der Waals surface area contributed by atoms with Crippen LogP contribution in [0.4, 0.5) is 0 Å². The zero-order valence-corrected chi connectivity index (χ0v) is 9.90. The lowest BCUT2D eigenvalue weighted by molar-refractivity contribution is 0.0914. The number of hydrogen-bond acceptors (Lipinski definition) is 3. The number of halogens is 1. The zero-order valence-electron chi connectivity index (χ0n) is 8.31. The third-order valence-corrected chi connectivity index (χ3v) is 2.56. The lowest BCUT2D eigenvalue weighted by Gasteiger charge is -2.02. The first-order valence-corrected chi connectivity index (χ1v) is 5.48. The second-order valence-electron chi connectivity index (χ2n) is 3.19. The molecule has 0 aliphatic heterocycles. The Balaban J connectivity index is 1.93. The summed E-state index contributed by atoms with van der Waals surface area (Å²) in [4.78, 5) is 11.5. The molecule has 0 radical (unpaired) electrons. The van der Waals surface area contributed by atoms with Gasteiger partial charge in [0.05, 0.1) is 6.20 Å². The molecule has 0 fully saturated rings. The standard InChI is InChI=1S/C11H9BrN2O2/c12-9-3-1-8(2-4-9)7-13-11(15)10-5-6-14-16-10/h1-6H,7H2,(H,13,15). The van der Waals surface area contributed by atoms with Gasteiger partial charge in [0.1, 0.15) is 0 Å². The van der Waals surface area contributed by atoms with E-state index in [1.807, 2.05) is 24.3 Å². The highest BCUT2D eigenvalue weighted by Gasteiger charge is 2.08. The van der Waals surface area contributed by atoms with Crippen molar-refractivity contribution < 1.29 is 9.32 Å². The van der Waals surface area contributed by atoms with Crippen molar-refractivity contribution in [3.63, 3.8) is 0 Å². The van der Waals surface area contributed by atoms with Gasteiger partial charge in [0.15, 0.2) is 0 Å². The van der Waals surface area contributed by atoms with E-state index in [0.29, 0.717) is 6.54 Å². The van der Waals surface area contributed by atoms with E-state index in [2.05, 4.69) is 26.4 Å². The fraction of sp³-hybridized carbons (Fsp3) is 0.0909. The Labute approximate surface area is 101 Å². The zero-order chi connectivity index (χ0) is 11.4. The van der Waals surface area contributed by atoms with Crippen LogP contribution in [-0.2, 0) is 6.54 Å². The minimum absolute atomic E-state index is 0.220. The van der Waals surface area contributed by atoms with Crippen molar-refractivity contribution in [2.75, 3.05) is 0 Å². The first-order chi connectivity index (χ1) is 7.75. The largest absolute Gasteiger partial charge is 0.351 e. The Morgan fingerprint density at radius 3 is 2.69 bits per heavy atom. The summed E-state index contributed by atoms with van der Waals surface area (Å²) < 4.78 is 5.75. The summed E-state index contributed by atoms with van der Waals surface area (Å²) in [5.41, 5.74) is 1.02. The average Bonchev–Trinajstić information content (AvgIpc) is 2.81. The number of carbonyl (C=O) groups excluding carboxylic acids is 1. The summed E-state index contributed by atoms with van der Waals surface area (Å²) in [6, 6.07) is 9.25. The van der Waals surface area contributed by atoms with Crippen molar-refractivity contribution in [2.24, 2.45) is 0 Å². The lowest BCUT2D eigenvalue weighted by Crippen LogP contribution is -2.22. The predicted octanol–water partition coefficient (Wildman–Crippen LogP) is 2.37. The molecule has 0 spiro atoms. The van der Waals surface area contributed by atoms with Gasteiger partial charge in [0.25, 0.3) is 5.91 Å². The number of nitrogens with zero attached hydrogens (tertiary/aromatic N) is 1. The summed E-state index contributed by atoms with van der Waals surface area (Å²) in [5, 5.41) is 6.20. The first-order valence-electron chi connectivity index (χ1n) is 4.69. The van der Waals surface area contributed by atoms with Gasteiger partial charge < -0.3 is 9.84 Å². The molecule has 1 N–H and O–H groups in total. The monoisotopic (exact) mass is 280 g/mol. The molecule has 0 aliphatic rings. The second kappa shape index (κ2) is 4.94. The SMILES string of the molecule is O=C(NCc1ccc(Br)cc1)c1ccno1. The molecule has 1 aromatic heterocycles. The molecule has 1 aromatic carbocycles. The average molecular weight is 281 g/mol. The quantitative estimate of drug-likeness (QED) is 0.939. The minimum Gasteiger partial charge on any atom is -0.351 e. The van der Waals surface area contributed by atoms with Gasteiger partial charge in [-0.1, -0.05) is 33.2 Å². The molecule has 2 rings (SSSR count). The molecule has 0 saturated carbocycles. The van der Waals surface area contributed by atoms with Crippen molar-refractivity contribution in [2.45, 2.75) is 6.54 Å². The Bertz CT molecular complexity index is 465. The van der Waals surface area contributed by atoms with Gasteiger partial charge in [-0.15, -0.1) is 0 Å². The van der Waals surface area contributed by atoms with E-state index in [4.69, 9.17) is 4.52 Å². The highest BCUT2D eigenvalue weighted by atomic mass is 79.9. The Kier molecular flexibility index (Phi) is 3.36. The molecule has 1 amide bonds. The number of carbonyl (C=O) groups is 1. The number of hydrogen-bond donors (Lipinski definition) is 1. The van der Waals surface area contributed by atoms with Crippen LogP contribution in [-0.4, -0.2) is 11.1 Å². The summed E-state index contributed by atoms with van der Waals surface area (Å²) >= 11 is 3.35. The van der Waals surface area contributed by atoms with E-state index in [-0.39, 0.29) is 11.7 Å². The van der Waals surface area contributed by atoms with E-state index in [9.17, 15) is 4.79 Å². The molecule has 1 heterocycles. The number of aromatic nitrogens is 1. The Morgan fingerprint density at radius 1 is 1.31 bits per heavy atom. The third-order valence-electron chi connectivity index (χ3n) is 2.03. The fourth-order valence-corrected chi connectivity index (χ4v) is 1.47. The van der Waals surface area contributed by atoms with Crippen molar-refractivity contribution in [3.8, 4) is 0 Å². The number of benzene rings is 1.